The number of morpholine rings is 1. The molecule has 5 aliphatic rings. The second-order valence-electron chi connectivity index (χ2n) is 7.95. The normalized spacial score (nSPS) is 53.7. The fraction of sp³-hybridized carbons (Fsp3) is 1.00. The van der Waals surface area contributed by atoms with E-state index in [4.69, 9.17) is 4.74 Å². The zero-order chi connectivity index (χ0) is 12.3. The number of hydrogen-bond donors (Lipinski definition) is 1. The molecule has 1 saturated heterocycles. The summed E-state index contributed by atoms with van der Waals surface area (Å²) in [5, 5.41) is 3.69. The van der Waals surface area contributed by atoms with Crippen LogP contribution in [-0.2, 0) is 4.74 Å². The number of rotatable bonds is 1. The Morgan fingerprint density at radius 3 is 2.11 bits per heavy atom. The summed E-state index contributed by atoms with van der Waals surface area (Å²) in [4.78, 5) is 0. The van der Waals surface area contributed by atoms with Crippen LogP contribution in [0, 0.1) is 29.6 Å². The van der Waals surface area contributed by atoms with E-state index in [1.54, 1.807) is 6.42 Å². The van der Waals surface area contributed by atoms with Crippen LogP contribution < -0.4 is 5.32 Å². The third kappa shape index (κ3) is 1.68. The molecular formula is C16H27NO. The average molecular weight is 249 g/mol. The van der Waals surface area contributed by atoms with Crippen molar-refractivity contribution in [2.24, 2.45) is 29.6 Å². The van der Waals surface area contributed by atoms with Crippen LogP contribution in [0.4, 0.5) is 0 Å². The first-order valence-corrected chi connectivity index (χ1v) is 8.00. The molecule has 4 saturated carbocycles. The molecule has 1 heterocycles. The van der Waals surface area contributed by atoms with Crippen molar-refractivity contribution in [2.45, 2.75) is 57.6 Å². The van der Waals surface area contributed by atoms with Gasteiger partial charge in [-0.05, 0) is 75.5 Å². The molecular weight excluding hydrogens is 222 g/mol. The van der Waals surface area contributed by atoms with Crippen LogP contribution >= 0.6 is 0 Å². The summed E-state index contributed by atoms with van der Waals surface area (Å²) in [5.41, 5.74) is 0.179. The van der Waals surface area contributed by atoms with E-state index in [9.17, 15) is 0 Å². The Morgan fingerprint density at radius 1 is 0.944 bits per heavy atom. The van der Waals surface area contributed by atoms with Gasteiger partial charge in [-0.15, -0.1) is 0 Å². The highest BCUT2D eigenvalue weighted by Gasteiger charge is 2.54. The third-order valence-electron chi connectivity index (χ3n) is 6.34. The lowest BCUT2D eigenvalue weighted by molar-refractivity contribution is -0.149. The van der Waals surface area contributed by atoms with Crippen LogP contribution in [0.25, 0.3) is 0 Å². The van der Waals surface area contributed by atoms with Gasteiger partial charge in [0.05, 0.1) is 12.7 Å². The summed E-state index contributed by atoms with van der Waals surface area (Å²) < 4.78 is 6.26. The van der Waals surface area contributed by atoms with E-state index in [0.29, 0.717) is 6.10 Å². The minimum Gasteiger partial charge on any atom is -0.375 e. The molecule has 1 unspecified atom stereocenters. The van der Waals surface area contributed by atoms with Crippen LogP contribution in [-0.4, -0.2) is 24.8 Å². The maximum absolute atomic E-state index is 6.26. The molecule has 0 aromatic rings. The second kappa shape index (κ2) is 3.96. The van der Waals surface area contributed by atoms with Crippen LogP contribution in [0.15, 0.2) is 0 Å². The van der Waals surface area contributed by atoms with Gasteiger partial charge in [-0.1, -0.05) is 0 Å². The summed E-state index contributed by atoms with van der Waals surface area (Å²) in [6, 6.07) is 0. The van der Waals surface area contributed by atoms with Crippen molar-refractivity contribution in [3.05, 3.63) is 0 Å². The molecule has 18 heavy (non-hydrogen) atoms. The molecule has 1 atom stereocenters. The van der Waals surface area contributed by atoms with Gasteiger partial charge in [0.15, 0.2) is 0 Å². The summed E-state index contributed by atoms with van der Waals surface area (Å²) in [7, 11) is 0. The van der Waals surface area contributed by atoms with Crippen LogP contribution in [0.2, 0.25) is 0 Å². The van der Waals surface area contributed by atoms with Crippen molar-refractivity contribution in [3.63, 3.8) is 0 Å². The van der Waals surface area contributed by atoms with Crippen molar-refractivity contribution in [2.75, 3.05) is 13.2 Å². The van der Waals surface area contributed by atoms with E-state index in [-0.39, 0.29) is 5.54 Å². The van der Waals surface area contributed by atoms with E-state index >= 15 is 0 Å². The Labute approximate surface area is 111 Å². The maximum atomic E-state index is 6.26. The second-order valence-corrected chi connectivity index (χ2v) is 7.95. The van der Waals surface area contributed by atoms with E-state index in [0.717, 1.165) is 42.7 Å². The Kier molecular flexibility index (Phi) is 2.58. The summed E-state index contributed by atoms with van der Waals surface area (Å²) in [6.45, 7) is 6.64. The summed E-state index contributed by atoms with van der Waals surface area (Å²) in [5.74, 6) is 4.95. The zero-order valence-corrected chi connectivity index (χ0v) is 11.8. The third-order valence-corrected chi connectivity index (χ3v) is 6.34. The van der Waals surface area contributed by atoms with E-state index < -0.39 is 0 Å². The van der Waals surface area contributed by atoms with E-state index in [1.807, 2.05) is 0 Å². The lowest BCUT2D eigenvalue weighted by Gasteiger charge is -2.59. The minimum absolute atomic E-state index is 0.179. The van der Waals surface area contributed by atoms with Gasteiger partial charge in [0.25, 0.3) is 0 Å². The molecule has 102 valence electrons. The first-order valence-electron chi connectivity index (χ1n) is 8.00. The first-order chi connectivity index (χ1) is 8.63. The fourth-order valence-corrected chi connectivity index (χ4v) is 5.92. The highest BCUT2D eigenvalue weighted by molar-refractivity contribution is 5.05. The molecule has 1 aliphatic heterocycles. The predicted molar refractivity (Wildman–Crippen MR) is 72.4 cm³/mol. The topological polar surface area (TPSA) is 21.3 Å². The molecule has 1 N–H and O–H groups in total. The molecule has 0 radical (unpaired) electrons. The first kappa shape index (κ1) is 11.7. The molecule has 0 aromatic carbocycles. The summed E-state index contributed by atoms with van der Waals surface area (Å²) >= 11 is 0. The van der Waals surface area contributed by atoms with E-state index in [1.165, 1.54) is 25.7 Å². The molecule has 5 rings (SSSR count). The van der Waals surface area contributed by atoms with Gasteiger partial charge in [0.2, 0.25) is 0 Å². The molecule has 0 spiro atoms. The van der Waals surface area contributed by atoms with E-state index in [2.05, 4.69) is 19.2 Å². The SMILES string of the molecule is CC1(C)NCCOC1C1C2CC3CC(C2)CC1C3. The standard InChI is InChI=1S/C16H27NO/c1-16(2)15(18-4-3-17-16)14-12-6-10-5-11(8-12)9-13(14)7-10/h10-15,17H,3-9H2,1-2H3. The predicted octanol–water partition coefficient (Wildman–Crippen LogP) is 2.83. The largest absolute Gasteiger partial charge is 0.375 e. The molecule has 2 nitrogen and oxygen atoms in total. The number of ether oxygens (including phenoxy) is 1. The molecule has 4 bridgehead atoms. The van der Waals surface area contributed by atoms with Gasteiger partial charge >= 0.3 is 0 Å². The van der Waals surface area contributed by atoms with Crippen molar-refractivity contribution >= 4 is 0 Å². The smallest absolute Gasteiger partial charge is 0.0785 e. The molecule has 0 amide bonds. The molecule has 5 fully saturated rings. The number of hydrogen-bond acceptors (Lipinski definition) is 2. The van der Waals surface area contributed by atoms with Crippen LogP contribution in [0.3, 0.4) is 0 Å². The van der Waals surface area contributed by atoms with Gasteiger partial charge in [-0.25, -0.2) is 0 Å². The van der Waals surface area contributed by atoms with Gasteiger partial charge in [-0.3, -0.25) is 0 Å². The quantitative estimate of drug-likeness (QED) is 0.771. The maximum Gasteiger partial charge on any atom is 0.0785 e. The minimum atomic E-state index is 0.179. The molecule has 0 aromatic heterocycles. The van der Waals surface area contributed by atoms with Crippen molar-refractivity contribution < 1.29 is 4.74 Å². The zero-order valence-electron chi connectivity index (χ0n) is 11.8. The van der Waals surface area contributed by atoms with Crippen LogP contribution in [0.5, 0.6) is 0 Å². The van der Waals surface area contributed by atoms with Crippen LogP contribution in [0.1, 0.15) is 46.0 Å². The Hall–Kier alpha value is -0.0800. The van der Waals surface area contributed by atoms with Crippen molar-refractivity contribution in [3.8, 4) is 0 Å². The number of nitrogens with one attached hydrogen (secondary N) is 1. The van der Waals surface area contributed by atoms with Gasteiger partial charge in [0, 0.05) is 12.1 Å². The highest BCUT2D eigenvalue weighted by atomic mass is 16.5. The lowest BCUT2D eigenvalue weighted by Crippen LogP contribution is -2.63. The van der Waals surface area contributed by atoms with Gasteiger partial charge in [-0.2, -0.15) is 0 Å². The Bertz CT molecular complexity index is 310. The fourth-order valence-electron chi connectivity index (χ4n) is 5.92. The monoisotopic (exact) mass is 249 g/mol. The Balaban J connectivity index is 1.60. The van der Waals surface area contributed by atoms with Crippen molar-refractivity contribution in [1.82, 2.24) is 5.32 Å². The Morgan fingerprint density at radius 2 is 1.56 bits per heavy atom. The van der Waals surface area contributed by atoms with Crippen molar-refractivity contribution in [1.29, 1.82) is 0 Å². The van der Waals surface area contributed by atoms with Gasteiger partial charge in [0.1, 0.15) is 0 Å². The lowest BCUT2D eigenvalue weighted by atomic mass is 9.49. The summed E-state index contributed by atoms with van der Waals surface area (Å²) in [6.07, 6.45) is 8.04. The van der Waals surface area contributed by atoms with Gasteiger partial charge < -0.3 is 10.1 Å². The highest BCUT2D eigenvalue weighted by Crippen LogP contribution is 2.58. The average Bonchev–Trinajstić information content (AvgIpc) is 2.29. The molecule has 2 heteroatoms. The molecule has 4 aliphatic carbocycles.